The summed E-state index contributed by atoms with van der Waals surface area (Å²) in [5.74, 6) is 0. The van der Waals surface area contributed by atoms with Gasteiger partial charge in [-0.15, -0.1) is 0 Å². The van der Waals surface area contributed by atoms with Crippen molar-refractivity contribution >= 4 is 16.5 Å². The molecule has 0 amide bonds. The number of anilines is 1. The number of aliphatic hydroxyl groups is 1. The smallest absolute Gasteiger partial charge is 0.185 e. The molecule has 1 aromatic heterocycles. The Morgan fingerprint density at radius 1 is 1.33 bits per heavy atom. The van der Waals surface area contributed by atoms with Crippen LogP contribution >= 0.6 is 11.3 Å². The number of aryl methyl sites for hydroxylation is 1. The predicted molar refractivity (Wildman–Crippen MR) is 75.1 cm³/mol. The zero-order chi connectivity index (χ0) is 12.6. The molecule has 1 aliphatic carbocycles. The zero-order valence-corrected chi connectivity index (χ0v) is 11.9. The van der Waals surface area contributed by atoms with Crippen molar-refractivity contribution in [1.82, 2.24) is 4.98 Å². The van der Waals surface area contributed by atoms with Crippen LogP contribution in [-0.2, 0) is 13.0 Å². The Balaban J connectivity index is 1.77. The maximum Gasteiger partial charge on any atom is 0.185 e. The summed E-state index contributed by atoms with van der Waals surface area (Å²) in [5.41, 5.74) is 1.68. The molecule has 0 radical (unpaired) electrons. The van der Waals surface area contributed by atoms with Gasteiger partial charge < -0.3 is 10.0 Å². The van der Waals surface area contributed by atoms with E-state index in [1.165, 1.54) is 38.6 Å². The van der Waals surface area contributed by atoms with E-state index in [1.54, 1.807) is 11.3 Å². The quantitative estimate of drug-likeness (QED) is 0.913. The van der Waals surface area contributed by atoms with E-state index in [9.17, 15) is 5.11 Å². The molecule has 100 valence electrons. The van der Waals surface area contributed by atoms with Crippen LogP contribution in [0.3, 0.4) is 0 Å². The molecule has 2 fully saturated rings. The molecule has 1 spiro atoms. The average molecular weight is 266 g/mol. The van der Waals surface area contributed by atoms with Crippen LogP contribution in [0, 0.1) is 5.41 Å². The van der Waals surface area contributed by atoms with E-state index in [0.717, 1.165) is 28.7 Å². The fourth-order valence-corrected chi connectivity index (χ4v) is 4.57. The second kappa shape index (κ2) is 4.82. The highest BCUT2D eigenvalue weighted by molar-refractivity contribution is 7.15. The first-order chi connectivity index (χ1) is 8.76. The van der Waals surface area contributed by atoms with E-state index in [4.69, 9.17) is 4.98 Å². The van der Waals surface area contributed by atoms with Gasteiger partial charge in [-0.25, -0.2) is 4.98 Å². The molecule has 4 heteroatoms. The van der Waals surface area contributed by atoms with Crippen molar-refractivity contribution in [2.45, 2.75) is 52.1 Å². The predicted octanol–water partition coefficient (Wildman–Crippen LogP) is 2.97. The Morgan fingerprint density at radius 2 is 2.11 bits per heavy atom. The lowest BCUT2D eigenvalue weighted by Gasteiger charge is -2.23. The van der Waals surface area contributed by atoms with E-state index in [2.05, 4.69) is 11.8 Å². The maximum atomic E-state index is 9.36. The highest BCUT2D eigenvalue weighted by Crippen LogP contribution is 2.46. The van der Waals surface area contributed by atoms with Crippen molar-refractivity contribution in [2.24, 2.45) is 5.41 Å². The topological polar surface area (TPSA) is 36.4 Å². The summed E-state index contributed by atoms with van der Waals surface area (Å²) in [6.45, 7) is 4.59. The lowest BCUT2D eigenvalue weighted by Crippen LogP contribution is -2.24. The highest BCUT2D eigenvalue weighted by atomic mass is 32.1. The van der Waals surface area contributed by atoms with Crippen LogP contribution in [-0.4, -0.2) is 23.2 Å². The zero-order valence-electron chi connectivity index (χ0n) is 11.1. The van der Waals surface area contributed by atoms with E-state index in [0.29, 0.717) is 5.41 Å². The number of rotatable bonds is 3. The van der Waals surface area contributed by atoms with Crippen molar-refractivity contribution in [2.75, 3.05) is 18.0 Å². The van der Waals surface area contributed by atoms with Crippen LogP contribution in [0.2, 0.25) is 0 Å². The number of nitrogens with zero attached hydrogens (tertiary/aromatic N) is 2. The van der Waals surface area contributed by atoms with Gasteiger partial charge >= 0.3 is 0 Å². The number of hydrogen-bond acceptors (Lipinski definition) is 4. The second-order valence-corrected chi connectivity index (χ2v) is 6.82. The Morgan fingerprint density at radius 3 is 2.72 bits per heavy atom. The van der Waals surface area contributed by atoms with E-state index < -0.39 is 0 Å². The summed E-state index contributed by atoms with van der Waals surface area (Å²) in [7, 11) is 0. The molecule has 1 aliphatic heterocycles. The second-order valence-electron chi connectivity index (χ2n) is 5.76. The summed E-state index contributed by atoms with van der Waals surface area (Å²) in [6, 6.07) is 0. The molecule has 1 saturated carbocycles. The van der Waals surface area contributed by atoms with Crippen molar-refractivity contribution in [1.29, 1.82) is 0 Å². The lowest BCUT2D eigenvalue weighted by molar-refractivity contribution is 0.284. The first-order valence-corrected chi connectivity index (χ1v) is 7.92. The van der Waals surface area contributed by atoms with Gasteiger partial charge in [0.15, 0.2) is 5.13 Å². The standard InChI is InChI=1S/C14H22N2OS/c1-2-11-12(9-17)18-13(15-11)16-8-7-14(10-16)5-3-4-6-14/h17H,2-10H2,1H3. The van der Waals surface area contributed by atoms with Crippen LogP contribution in [0.1, 0.15) is 49.6 Å². The molecule has 18 heavy (non-hydrogen) atoms. The molecule has 1 N–H and O–H groups in total. The third kappa shape index (κ3) is 2.05. The average Bonchev–Trinajstić information content (AvgIpc) is 3.10. The Bertz CT molecular complexity index is 402. The first kappa shape index (κ1) is 12.4. The van der Waals surface area contributed by atoms with Crippen molar-refractivity contribution in [3.8, 4) is 0 Å². The van der Waals surface area contributed by atoms with Gasteiger partial charge in [-0.1, -0.05) is 31.1 Å². The van der Waals surface area contributed by atoms with Crippen molar-refractivity contribution < 1.29 is 5.11 Å². The minimum atomic E-state index is 0.139. The van der Waals surface area contributed by atoms with Crippen molar-refractivity contribution in [3.63, 3.8) is 0 Å². The molecule has 0 atom stereocenters. The maximum absolute atomic E-state index is 9.36. The fourth-order valence-electron chi connectivity index (χ4n) is 3.54. The highest BCUT2D eigenvalue weighted by Gasteiger charge is 2.41. The molecule has 0 aromatic carbocycles. The van der Waals surface area contributed by atoms with Gasteiger partial charge in [-0.3, -0.25) is 0 Å². The molecular formula is C14H22N2OS. The third-order valence-corrected chi connectivity index (χ3v) is 5.76. The molecular weight excluding hydrogens is 244 g/mol. The lowest BCUT2D eigenvalue weighted by atomic mass is 9.86. The van der Waals surface area contributed by atoms with Crippen LogP contribution in [0.15, 0.2) is 0 Å². The monoisotopic (exact) mass is 266 g/mol. The van der Waals surface area contributed by atoms with Gasteiger partial charge in [0.05, 0.1) is 17.2 Å². The SMILES string of the molecule is CCc1nc(N2CCC3(CCCC3)C2)sc1CO. The molecule has 3 nitrogen and oxygen atoms in total. The summed E-state index contributed by atoms with van der Waals surface area (Å²) < 4.78 is 0. The number of thiazole rings is 1. The molecule has 1 aromatic rings. The summed E-state index contributed by atoms with van der Waals surface area (Å²) in [6.07, 6.45) is 7.89. The number of aromatic nitrogens is 1. The Labute approximate surface area is 113 Å². The summed E-state index contributed by atoms with van der Waals surface area (Å²) >= 11 is 1.69. The fraction of sp³-hybridized carbons (Fsp3) is 0.786. The van der Waals surface area contributed by atoms with Crippen molar-refractivity contribution in [3.05, 3.63) is 10.6 Å². The van der Waals surface area contributed by atoms with Crippen LogP contribution < -0.4 is 4.90 Å². The van der Waals surface area contributed by atoms with Gasteiger partial charge in [-0.2, -0.15) is 0 Å². The Kier molecular flexibility index (Phi) is 3.32. The van der Waals surface area contributed by atoms with Crippen LogP contribution in [0.5, 0.6) is 0 Å². The van der Waals surface area contributed by atoms with Crippen LogP contribution in [0.25, 0.3) is 0 Å². The molecule has 2 heterocycles. The molecule has 0 unspecified atom stereocenters. The number of aliphatic hydroxyl groups excluding tert-OH is 1. The molecule has 2 aliphatic rings. The minimum Gasteiger partial charge on any atom is -0.391 e. The largest absolute Gasteiger partial charge is 0.391 e. The van der Waals surface area contributed by atoms with Gasteiger partial charge in [0.1, 0.15) is 0 Å². The van der Waals surface area contributed by atoms with E-state index in [1.807, 2.05) is 0 Å². The summed E-state index contributed by atoms with van der Waals surface area (Å²) in [4.78, 5) is 8.23. The molecule has 1 saturated heterocycles. The van der Waals surface area contributed by atoms with E-state index >= 15 is 0 Å². The molecule has 0 bridgehead atoms. The first-order valence-electron chi connectivity index (χ1n) is 7.11. The Hall–Kier alpha value is -0.610. The number of hydrogen-bond donors (Lipinski definition) is 1. The van der Waals surface area contributed by atoms with Gasteiger partial charge in [-0.05, 0) is 31.1 Å². The van der Waals surface area contributed by atoms with Crippen LogP contribution in [0.4, 0.5) is 5.13 Å². The van der Waals surface area contributed by atoms with Gasteiger partial charge in [0.25, 0.3) is 0 Å². The minimum absolute atomic E-state index is 0.139. The molecule has 3 rings (SSSR count). The normalized spacial score (nSPS) is 22.2. The van der Waals surface area contributed by atoms with Gasteiger partial charge in [0.2, 0.25) is 0 Å². The summed E-state index contributed by atoms with van der Waals surface area (Å²) in [5, 5.41) is 10.5. The third-order valence-electron chi connectivity index (χ3n) is 4.62. The van der Waals surface area contributed by atoms with Gasteiger partial charge in [0, 0.05) is 13.1 Å². The van der Waals surface area contributed by atoms with E-state index in [-0.39, 0.29) is 6.61 Å².